The maximum atomic E-state index is 15.2. The fourth-order valence-corrected chi connectivity index (χ4v) is 4.43. The third kappa shape index (κ3) is 2.81. The number of nitrogens with zero attached hydrogens (tertiary/aromatic N) is 5. The van der Waals surface area contributed by atoms with E-state index in [1.807, 2.05) is 19.9 Å². The number of nitriles is 1. The molecule has 4 aromatic rings. The molecule has 7 nitrogen and oxygen atoms in total. The lowest BCUT2D eigenvalue weighted by Crippen LogP contribution is -2.19. The summed E-state index contributed by atoms with van der Waals surface area (Å²) in [7, 11) is 0. The first-order valence-corrected chi connectivity index (χ1v) is 10.4. The number of aryl methyl sites for hydroxylation is 2. The first kappa shape index (κ1) is 19.5. The Hall–Kier alpha value is -3.44. The highest BCUT2D eigenvalue weighted by atomic mass is 19.1. The minimum absolute atomic E-state index is 0.224. The van der Waals surface area contributed by atoms with Gasteiger partial charge in [-0.1, -0.05) is 0 Å². The molecule has 0 amide bonds. The number of anilines is 1. The van der Waals surface area contributed by atoms with E-state index in [2.05, 4.69) is 11.2 Å². The molecule has 158 valence electrons. The second-order valence-corrected chi connectivity index (χ2v) is 8.14. The quantitative estimate of drug-likeness (QED) is 0.514. The highest BCUT2D eigenvalue weighted by Crippen LogP contribution is 2.37. The molecule has 4 heterocycles. The molecule has 0 saturated carbocycles. The summed E-state index contributed by atoms with van der Waals surface area (Å²) in [5, 5.41) is 15.7. The molecule has 0 bridgehead atoms. The second-order valence-electron chi connectivity index (χ2n) is 8.14. The average molecular weight is 418 g/mol. The fourth-order valence-electron chi connectivity index (χ4n) is 4.43. The Morgan fingerprint density at radius 1 is 1.23 bits per heavy atom. The van der Waals surface area contributed by atoms with Crippen molar-refractivity contribution in [3.05, 3.63) is 46.5 Å². The number of rotatable bonds is 2. The molecule has 1 saturated heterocycles. The molecule has 1 atom stereocenters. The van der Waals surface area contributed by atoms with Gasteiger partial charge in [0.1, 0.15) is 28.9 Å². The highest BCUT2D eigenvalue weighted by molar-refractivity contribution is 5.97. The van der Waals surface area contributed by atoms with Gasteiger partial charge in [0, 0.05) is 34.7 Å². The van der Waals surface area contributed by atoms with Crippen molar-refractivity contribution in [2.75, 3.05) is 12.3 Å². The lowest BCUT2D eigenvalue weighted by atomic mass is 10.1. The number of pyridine rings is 1. The number of aromatic nitrogens is 4. The number of ether oxygens (including phenoxy) is 1. The van der Waals surface area contributed by atoms with Crippen molar-refractivity contribution in [3.8, 4) is 11.8 Å². The summed E-state index contributed by atoms with van der Waals surface area (Å²) in [6.45, 7) is 6.21. The zero-order valence-corrected chi connectivity index (χ0v) is 17.7. The standard InChI is InChI=1S/C23H23FN6O/c1-12-8-15-16(10-25)22(26)29(23(15)28-14(12)3)21-13(2)18(24)9-19-17(21)11-27-30(19)20-6-4-5-7-31-20/h8-9,11,20H,4-7,26H2,1-3H3. The van der Waals surface area contributed by atoms with Crippen LogP contribution in [0.25, 0.3) is 27.6 Å². The number of hydrogen-bond acceptors (Lipinski definition) is 5. The molecule has 1 aliphatic heterocycles. The third-order valence-electron chi connectivity index (χ3n) is 6.25. The van der Waals surface area contributed by atoms with E-state index in [4.69, 9.17) is 15.5 Å². The largest absolute Gasteiger partial charge is 0.384 e. The van der Waals surface area contributed by atoms with Crippen molar-refractivity contribution >= 4 is 27.8 Å². The number of nitrogens with two attached hydrogens (primary N) is 1. The molecule has 1 fully saturated rings. The molecular formula is C23H23FN6O. The number of hydrogen-bond donors (Lipinski definition) is 1. The van der Waals surface area contributed by atoms with Crippen LogP contribution in [0, 0.1) is 37.9 Å². The van der Waals surface area contributed by atoms with Crippen LogP contribution in [0.15, 0.2) is 18.3 Å². The van der Waals surface area contributed by atoms with Gasteiger partial charge in [0.05, 0.1) is 17.4 Å². The molecule has 1 aromatic carbocycles. The van der Waals surface area contributed by atoms with Gasteiger partial charge in [0.15, 0.2) is 6.23 Å². The Labute approximate surface area is 178 Å². The molecule has 0 radical (unpaired) electrons. The van der Waals surface area contributed by atoms with Crippen molar-refractivity contribution < 1.29 is 9.13 Å². The van der Waals surface area contributed by atoms with Gasteiger partial charge in [-0.05, 0) is 51.7 Å². The maximum Gasteiger partial charge on any atom is 0.150 e. The smallest absolute Gasteiger partial charge is 0.150 e. The molecule has 5 rings (SSSR count). The lowest BCUT2D eigenvalue weighted by Gasteiger charge is -2.23. The number of benzene rings is 1. The van der Waals surface area contributed by atoms with Crippen molar-refractivity contribution in [3.63, 3.8) is 0 Å². The van der Waals surface area contributed by atoms with Crippen LogP contribution in [0.3, 0.4) is 0 Å². The van der Waals surface area contributed by atoms with E-state index >= 15 is 4.39 Å². The Bertz CT molecular complexity index is 1390. The molecule has 8 heteroatoms. The Morgan fingerprint density at radius 2 is 2.03 bits per heavy atom. The topological polar surface area (TPSA) is 94.7 Å². The van der Waals surface area contributed by atoms with E-state index < -0.39 is 0 Å². The van der Waals surface area contributed by atoms with Crippen LogP contribution in [0.1, 0.15) is 47.9 Å². The first-order chi connectivity index (χ1) is 14.9. The highest BCUT2D eigenvalue weighted by Gasteiger charge is 2.26. The van der Waals surface area contributed by atoms with Gasteiger partial charge in [-0.3, -0.25) is 4.57 Å². The zero-order valence-electron chi connectivity index (χ0n) is 17.7. The summed E-state index contributed by atoms with van der Waals surface area (Å²) in [6.07, 6.45) is 4.37. The van der Waals surface area contributed by atoms with E-state index in [1.165, 1.54) is 6.07 Å². The fraction of sp³-hybridized carbons (Fsp3) is 0.348. The van der Waals surface area contributed by atoms with E-state index in [0.29, 0.717) is 40.0 Å². The van der Waals surface area contributed by atoms with Crippen LogP contribution in [-0.4, -0.2) is 25.9 Å². The van der Waals surface area contributed by atoms with Gasteiger partial charge in [0.25, 0.3) is 0 Å². The minimum atomic E-state index is -0.372. The molecule has 0 aliphatic carbocycles. The maximum absolute atomic E-state index is 15.2. The number of nitrogen functional groups attached to an aromatic ring is 1. The SMILES string of the molecule is Cc1cc2c(C#N)c(N)n(-c3c(C)c(F)cc4c3cnn4C3CCCCO3)c2nc1C. The van der Waals surface area contributed by atoms with Crippen molar-refractivity contribution in [2.45, 2.75) is 46.3 Å². The van der Waals surface area contributed by atoms with Gasteiger partial charge in [-0.25, -0.2) is 14.1 Å². The summed E-state index contributed by atoms with van der Waals surface area (Å²) in [5.74, 6) is -0.129. The molecule has 2 N–H and O–H groups in total. The van der Waals surface area contributed by atoms with Crippen LogP contribution in [-0.2, 0) is 4.74 Å². The average Bonchev–Trinajstić information content (AvgIpc) is 3.28. The monoisotopic (exact) mass is 418 g/mol. The van der Waals surface area contributed by atoms with Crippen LogP contribution in [0.2, 0.25) is 0 Å². The summed E-state index contributed by atoms with van der Waals surface area (Å²) < 4.78 is 24.5. The van der Waals surface area contributed by atoms with Crippen LogP contribution in [0.4, 0.5) is 10.2 Å². The van der Waals surface area contributed by atoms with E-state index in [1.54, 1.807) is 22.4 Å². The predicted molar refractivity (Wildman–Crippen MR) is 116 cm³/mol. The number of fused-ring (bicyclic) bond motifs is 2. The van der Waals surface area contributed by atoms with Crippen LogP contribution < -0.4 is 5.73 Å². The molecule has 1 unspecified atom stereocenters. The number of halogens is 1. The van der Waals surface area contributed by atoms with Crippen LogP contribution in [0.5, 0.6) is 0 Å². The Kier molecular flexibility index (Phi) is 4.45. The van der Waals surface area contributed by atoms with E-state index in [0.717, 1.165) is 35.9 Å². The third-order valence-corrected chi connectivity index (χ3v) is 6.25. The van der Waals surface area contributed by atoms with Crippen molar-refractivity contribution in [1.82, 2.24) is 19.3 Å². The normalized spacial score (nSPS) is 16.8. The van der Waals surface area contributed by atoms with E-state index in [-0.39, 0.29) is 17.9 Å². The minimum Gasteiger partial charge on any atom is -0.384 e. The van der Waals surface area contributed by atoms with Gasteiger partial charge in [0.2, 0.25) is 0 Å². The first-order valence-electron chi connectivity index (χ1n) is 10.4. The van der Waals surface area contributed by atoms with Gasteiger partial charge >= 0.3 is 0 Å². The summed E-state index contributed by atoms with van der Waals surface area (Å²) in [4.78, 5) is 4.71. The molecule has 3 aromatic heterocycles. The molecule has 1 aliphatic rings. The van der Waals surface area contributed by atoms with E-state index in [9.17, 15) is 5.26 Å². The van der Waals surface area contributed by atoms with Crippen molar-refractivity contribution in [1.29, 1.82) is 5.26 Å². The zero-order chi connectivity index (χ0) is 21.9. The second kappa shape index (κ2) is 7.06. The van der Waals surface area contributed by atoms with Crippen molar-refractivity contribution in [2.24, 2.45) is 0 Å². The molecular weight excluding hydrogens is 395 g/mol. The van der Waals surface area contributed by atoms with Gasteiger partial charge in [-0.15, -0.1) is 0 Å². The lowest BCUT2D eigenvalue weighted by molar-refractivity contribution is -0.0366. The Balaban J connectivity index is 1.86. The van der Waals surface area contributed by atoms with Crippen LogP contribution >= 0.6 is 0 Å². The molecule has 0 spiro atoms. The molecule has 31 heavy (non-hydrogen) atoms. The Morgan fingerprint density at radius 3 is 2.74 bits per heavy atom. The predicted octanol–water partition coefficient (Wildman–Crippen LogP) is 4.59. The van der Waals surface area contributed by atoms with Gasteiger partial charge < -0.3 is 10.5 Å². The summed E-state index contributed by atoms with van der Waals surface area (Å²) >= 11 is 0. The van der Waals surface area contributed by atoms with Gasteiger partial charge in [-0.2, -0.15) is 10.4 Å². The summed E-state index contributed by atoms with van der Waals surface area (Å²) in [6, 6.07) is 5.60. The summed E-state index contributed by atoms with van der Waals surface area (Å²) in [5.41, 5.74) is 10.7.